The number of thioether (sulfide) groups is 1. The van der Waals surface area contributed by atoms with E-state index in [4.69, 9.17) is 4.74 Å². The van der Waals surface area contributed by atoms with Crippen LogP contribution in [0.25, 0.3) is 0 Å². The zero-order valence-electron chi connectivity index (χ0n) is 21.2. The largest absolute Gasteiger partial charge is 0.497 e. The van der Waals surface area contributed by atoms with E-state index in [1.54, 1.807) is 7.11 Å². The molecule has 188 valence electrons. The molecule has 1 heterocycles. The summed E-state index contributed by atoms with van der Waals surface area (Å²) in [4.78, 5) is 28.2. The summed E-state index contributed by atoms with van der Waals surface area (Å²) >= 11 is 1.28. The van der Waals surface area contributed by atoms with Crippen LogP contribution < -0.4 is 15.0 Å². The molecule has 1 aliphatic rings. The standard InChI is InChI=1S/C30H29N3O3S/c1-20-9-10-23(17-21(20)2)18-27-29(35)33(24-7-5-4-6-8-24)30(37-27)26(19-31)28(34)32-16-15-22-11-13-25(36-3)14-12-22/h4-14,17,27H,15-16,18H2,1-3H3,(H,32,34)/b30-26+/t27-/m1/s1. The maximum atomic E-state index is 13.6. The average molecular weight is 512 g/mol. The molecule has 1 atom stereocenters. The Labute approximate surface area is 221 Å². The third-order valence-corrected chi connectivity index (χ3v) is 7.63. The van der Waals surface area contributed by atoms with Crippen molar-refractivity contribution in [1.82, 2.24) is 5.32 Å². The second kappa shape index (κ2) is 11.8. The first-order valence-electron chi connectivity index (χ1n) is 12.1. The Kier molecular flexibility index (Phi) is 8.32. The van der Waals surface area contributed by atoms with Gasteiger partial charge < -0.3 is 10.1 Å². The number of carbonyl (C=O) groups excluding carboxylic acids is 2. The number of ether oxygens (including phenoxy) is 1. The van der Waals surface area contributed by atoms with Crippen molar-refractivity contribution in [2.45, 2.75) is 31.9 Å². The minimum Gasteiger partial charge on any atom is -0.497 e. The monoisotopic (exact) mass is 511 g/mol. The number of para-hydroxylation sites is 1. The summed E-state index contributed by atoms with van der Waals surface area (Å²) in [5, 5.41) is 12.8. The fraction of sp³-hybridized carbons (Fsp3) is 0.233. The highest BCUT2D eigenvalue weighted by Crippen LogP contribution is 2.41. The molecular weight excluding hydrogens is 482 g/mol. The van der Waals surface area contributed by atoms with Crippen molar-refractivity contribution < 1.29 is 14.3 Å². The van der Waals surface area contributed by atoms with Crippen molar-refractivity contribution in [2.24, 2.45) is 0 Å². The Balaban J connectivity index is 1.57. The van der Waals surface area contributed by atoms with Crippen LogP contribution in [0.15, 0.2) is 83.4 Å². The fourth-order valence-corrected chi connectivity index (χ4v) is 5.45. The predicted molar refractivity (Wildman–Crippen MR) is 147 cm³/mol. The summed E-state index contributed by atoms with van der Waals surface area (Å²) in [6.07, 6.45) is 1.11. The number of anilines is 1. The lowest BCUT2D eigenvalue weighted by Gasteiger charge is -2.18. The van der Waals surface area contributed by atoms with Crippen LogP contribution >= 0.6 is 11.8 Å². The SMILES string of the molecule is COc1ccc(CCNC(=O)/C(C#N)=C2/S[C@H](Cc3ccc(C)c(C)c3)C(=O)N2c2ccccc2)cc1. The Morgan fingerprint density at radius 3 is 2.38 bits per heavy atom. The number of amides is 2. The smallest absolute Gasteiger partial charge is 0.264 e. The molecule has 1 aliphatic heterocycles. The van der Waals surface area contributed by atoms with Gasteiger partial charge >= 0.3 is 0 Å². The third-order valence-electron chi connectivity index (χ3n) is 6.37. The van der Waals surface area contributed by atoms with Gasteiger partial charge in [0.1, 0.15) is 22.4 Å². The number of rotatable bonds is 8. The Hall–Kier alpha value is -4.02. The van der Waals surface area contributed by atoms with Crippen molar-refractivity contribution in [3.05, 3.63) is 106 Å². The topological polar surface area (TPSA) is 82.4 Å². The van der Waals surface area contributed by atoms with Crippen LogP contribution in [0.1, 0.15) is 22.3 Å². The van der Waals surface area contributed by atoms with Crippen LogP contribution in [0.5, 0.6) is 5.75 Å². The highest BCUT2D eigenvalue weighted by atomic mass is 32.2. The van der Waals surface area contributed by atoms with E-state index in [-0.39, 0.29) is 11.5 Å². The molecule has 0 aliphatic carbocycles. The van der Waals surface area contributed by atoms with E-state index >= 15 is 0 Å². The molecule has 1 fully saturated rings. The van der Waals surface area contributed by atoms with Gasteiger partial charge in [-0.05, 0) is 73.2 Å². The van der Waals surface area contributed by atoms with Crippen LogP contribution in [0, 0.1) is 25.2 Å². The van der Waals surface area contributed by atoms with E-state index in [9.17, 15) is 14.9 Å². The van der Waals surface area contributed by atoms with Crippen LogP contribution in [0.4, 0.5) is 5.69 Å². The van der Waals surface area contributed by atoms with E-state index in [2.05, 4.69) is 30.4 Å². The molecule has 3 aromatic carbocycles. The normalized spacial score (nSPS) is 16.3. The van der Waals surface area contributed by atoms with Gasteiger partial charge in [0.15, 0.2) is 0 Å². The number of carbonyl (C=O) groups is 2. The number of nitrogens with zero attached hydrogens (tertiary/aromatic N) is 2. The second-order valence-corrected chi connectivity index (χ2v) is 10.1. The summed E-state index contributed by atoms with van der Waals surface area (Å²) < 4.78 is 5.18. The molecule has 0 radical (unpaired) electrons. The quantitative estimate of drug-likeness (QED) is 0.336. The van der Waals surface area contributed by atoms with Gasteiger partial charge in [-0.25, -0.2) is 0 Å². The zero-order valence-corrected chi connectivity index (χ0v) is 22.0. The first-order valence-corrected chi connectivity index (χ1v) is 13.0. The van der Waals surface area contributed by atoms with Gasteiger partial charge in [0.05, 0.1) is 12.4 Å². The fourth-order valence-electron chi connectivity index (χ4n) is 4.14. The number of hydrogen-bond acceptors (Lipinski definition) is 5. The molecule has 37 heavy (non-hydrogen) atoms. The molecule has 4 rings (SSSR count). The van der Waals surface area contributed by atoms with E-state index in [1.807, 2.05) is 67.6 Å². The molecule has 0 bridgehead atoms. The van der Waals surface area contributed by atoms with Gasteiger partial charge in [0.25, 0.3) is 5.91 Å². The molecule has 1 saturated heterocycles. The molecular formula is C30H29N3O3S. The molecule has 1 N–H and O–H groups in total. The molecule has 0 spiro atoms. The lowest BCUT2D eigenvalue weighted by molar-refractivity contribution is -0.117. The maximum Gasteiger partial charge on any atom is 0.264 e. The van der Waals surface area contributed by atoms with Crippen LogP contribution in [-0.2, 0) is 22.4 Å². The lowest BCUT2D eigenvalue weighted by Crippen LogP contribution is -2.32. The Bertz CT molecular complexity index is 1360. The maximum absolute atomic E-state index is 13.6. The second-order valence-electron chi connectivity index (χ2n) is 8.88. The van der Waals surface area contributed by atoms with E-state index in [0.29, 0.717) is 30.1 Å². The number of nitrogens with one attached hydrogen (secondary N) is 1. The molecule has 2 amide bonds. The van der Waals surface area contributed by atoms with Crippen LogP contribution in [0.3, 0.4) is 0 Å². The van der Waals surface area contributed by atoms with Gasteiger partial charge in [-0.1, -0.05) is 60.3 Å². The number of methoxy groups -OCH3 is 1. The Morgan fingerprint density at radius 2 is 1.73 bits per heavy atom. The molecule has 7 heteroatoms. The first kappa shape index (κ1) is 26.1. The highest BCUT2D eigenvalue weighted by molar-refractivity contribution is 8.05. The zero-order chi connectivity index (χ0) is 26.4. The molecule has 0 saturated carbocycles. The van der Waals surface area contributed by atoms with Crippen molar-refractivity contribution in [1.29, 1.82) is 5.26 Å². The average Bonchev–Trinajstić information content (AvgIpc) is 3.22. The minimum absolute atomic E-state index is 0.0560. The summed E-state index contributed by atoms with van der Waals surface area (Å²) in [5.41, 5.74) is 5.02. The van der Waals surface area contributed by atoms with Crippen molar-refractivity contribution >= 4 is 29.3 Å². The highest BCUT2D eigenvalue weighted by Gasteiger charge is 2.40. The van der Waals surface area contributed by atoms with Gasteiger partial charge in [-0.2, -0.15) is 5.26 Å². The van der Waals surface area contributed by atoms with E-state index in [1.165, 1.54) is 22.2 Å². The number of nitriles is 1. The van der Waals surface area contributed by atoms with Crippen molar-refractivity contribution in [3.63, 3.8) is 0 Å². The number of aryl methyl sites for hydroxylation is 2. The third kappa shape index (κ3) is 6.04. The van der Waals surface area contributed by atoms with Crippen LogP contribution in [0.2, 0.25) is 0 Å². The lowest BCUT2D eigenvalue weighted by atomic mass is 10.0. The minimum atomic E-state index is -0.487. The van der Waals surface area contributed by atoms with Gasteiger partial charge in [-0.3, -0.25) is 14.5 Å². The summed E-state index contributed by atoms with van der Waals surface area (Å²) in [6, 6.07) is 25.0. The Morgan fingerprint density at radius 1 is 1.03 bits per heavy atom. The molecule has 6 nitrogen and oxygen atoms in total. The summed E-state index contributed by atoms with van der Waals surface area (Å²) in [7, 11) is 1.61. The number of hydrogen-bond donors (Lipinski definition) is 1. The van der Waals surface area contributed by atoms with E-state index in [0.717, 1.165) is 22.4 Å². The molecule has 3 aromatic rings. The summed E-state index contributed by atoms with van der Waals surface area (Å²) in [5.74, 6) is 0.144. The van der Waals surface area contributed by atoms with Gasteiger partial charge in [0, 0.05) is 12.2 Å². The van der Waals surface area contributed by atoms with E-state index < -0.39 is 11.2 Å². The first-order chi connectivity index (χ1) is 17.9. The molecule has 0 aromatic heterocycles. The summed E-state index contributed by atoms with van der Waals surface area (Å²) in [6.45, 7) is 4.47. The van der Waals surface area contributed by atoms with Gasteiger partial charge in [-0.15, -0.1) is 0 Å². The number of benzene rings is 3. The predicted octanol–water partition coefficient (Wildman–Crippen LogP) is 5.10. The van der Waals surface area contributed by atoms with Gasteiger partial charge in [0.2, 0.25) is 5.91 Å². The van der Waals surface area contributed by atoms with Crippen molar-refractivity contribution in [2.75, 3.05) is 18.6 Å². The molecule has 0 unspecified atom stereocenters. The van der Waals surface area contributed by atoms with Crippen LogP contribution in [-0.4, -0.2) is 30.7 Å². The van der Waals surface area contributed by atoms with Crippen molar-refractivity contribution in [3.8, 4) is 11.8 Å².